The van der Waals surface area contributed by atoms with Crippen molar-refractivity contribution >= 4 is 15.9 Å². The van der Waals surface area contributed by atoms with Crippen LogP contribution in [-0.2, 0) is 16.6 Å². The van der Waals surface area contributed by atoms with Gasteiger partial charge in [-0.2, -0.15) is 0 Å². The monoisotopic (exact) mass is 473 g/mol. The first-order valence-corrected chi connectivity index (χ1v) is 12.5. The van der Waals surface area contributed by atoms with E-state index in [1.807, 2.05) is 18.2 Å². The van der Waals surface area contributed by atoms with Crippen LogP contribution in [-0.4, -0.2) is 70.2 Å². The molecule has 2 heterocycles. The Kier molecular flexibility index (Phi) is 5.90. The molecule has 2 aromatic carbocycles. The largest absolute Gasteiger partial charge is 0.495 e. The number of piperazine rings is 1. The molecule has 0 bridgehead atoms. The lowest BCUT2D eigenvalue weighted by molar-refractivity contribution is 0.0628. The third kappa shape index (κ3) is 4.78. The van der Waals surface area contributed by atoms with E-state index in [2.05, 4.69) is 9.62 Å². The number of rotatable bonds is 7. The average molecular weight is 474 g/mol. The van der Waals surface area contributed by atoms with Crippen LogP contribution in [0.1, 0.15) is 28.8 Å². The van der Waals surface area contributed by atoms with E-state index >= 15 is 0 Å². The second kappa shape index (κ2) is 8.85. The van der Waals surface area contributed by atoms with Gasteiger partial charge in [0, 0.05) is 44.3 Å². The first kappa shape index (κ1) is 22.0. The zero-order valence-electron chi connectivity index (χ0n) is 18.5. The molecule has 1 aliphatic carbocycles. The Morgan fingerprint density at radius 2 is 1.82 bits per heavy atom. The standard InChI is InChI=1S/C23H27N3O6S/c1-30-20-7-3-17(13-22(20)33(28,29)24-18-4-5-18)23(27)26-10-8-25(9-11-26)14-16-2-6-19-21(12-16)32-15-31-19/h2-3,6-7,12-13,18,24H,4-5,8-11,14-15H2,1H3. The molecule has 2 fully saturated rings. The number of nitrogens with one attached hydrogen (secondary N) is 1. The van der Waals surface area contributed by atoms with Crippen molar-refractivity contribution in [3.8, 4) is 17.2 Å². The predicted octanol–water partition coefficient (Wildman–Crippen LogP) is 1.82. The van der Waals surface area contributed by atoms with Gasteiger partial charge in [-0.3, -0.25) is 9.69 Å². The first-order chi connectivity index (χ1) is 15.9. The fourth-order valence-electron chi connectivity index (χ4n) is 4.09. The third-order valence-electron chi connectivity index (χ3n) is 6.10. The maximum Gasteiger partial charge on any atom is 0.253 e. The second-order valence-electron chi connectivity index (χ2n) is 8.52. The number of carbonyl (C=O) groups is 1. The second-order valence-corrected chi connectivity index (χ2v) is 10.2. The summed E-state index contributed by atoms with van der Waals surface area (Å²) < 4.78 is 44.2. The molecule has 5 rings (SSSR count). The number of fused-ring (bicyclic) bond motifs is 1. The Balaban J connectivity index is 1.24. The molecule has 9 nitrogen and oxygen atoms in total. The van der Waals surface area contributed by atoms with E-state index in [-0.39, 0.29) is 29.4 Å². The van der Waals surface area contributed by atoms with Crippen LogP contribution >= 0.6 is 0 Å². The highest BCUT2D eigenvalue weighted by Gasteiger charge is 2.31. The molecule has 2 aliphatic heterocycles. The van der Waals surface area contributed by atoms with Gasteiger partial charge in [-0.05, 0) is 48.7 Å². The van der Waals surface area contributed by atoms with Crippen molar-refractivity contribution < 1.29 is 27.4 Å². The van der Waals surface area contributed by atoms with E-state index in [0.717, 1.165) is 49.5 Å². The highest BCUT2D eigenvalue weighted by molar-refractivity contribution is 7.89. The molecule has 1 saturated heterocycles. The topological polar surface area (TPSA) is 97.4 Å². The number of ether oxygens (including phenoxy) is 3. The summed E-state index contributed by atoms with van der Waals surface area (Å²) in [4.78, 5) is 17.2. The van der Waals surface area contributed by atoms with Gasteiger partial charge in [0.15, 0.2) is 11.5 Å². The molecule has 1 amide bonds. The van der Waals surface area contributed by atoms with Gasteiger partial charge < -0.3 is 19.1 Å². The maximum atomic E-state index is 13.1. The molecule has 3 aliphatic rings. The molecule has 1 N–H and O–H groups in total. The van der Waals surface area contributed by atoms with Gasteiger partial charge in [-0.1, -0.05) is 6.07 Å². The number of sulfonamides is 1. The van der Waals surface area contributed by atoms with Gasteiger partial charge in [0.05, 0.1) is 7.11 Å². The van der Waals surface area contributed by atoms with Crippen LogP contribution in [0.3, 0.4) is 0 Å². The van der Waals surface area contributed by atoms with E-state index < -0.39 is 10.0 Å². The lowest BCUT2D eigenvalue weighted by atomic mass is 10.1. The fraction of sp³-hybridized carbons (Fsp3) is 0.435. The molecule has 0 aromatic heterocycles. The molecule has 0 atom stereocenters. The van der Waals surface area contributed by atoms with Crippen molar-refractivity contribution in [1.82, 2.24) is 14.5 Å². The Bertz CT molecular complexity index is 1160. The van der Waals surface area contributed by atoms with Crippen molar-refractivity contribution in [1.29, 1.82) is 0 Å². The summed E-state index contributed by atoms with van der Waals surface area (Å²) in [6.07, 6.45) is 1.66. The van der Waals surface area contributed by atoms with Crippen molar-refractivity contribution in [2.45, 2.75) is 30.3 Å². The van der Waals surface area contributed by atoms with E-state index in [1.165, 1.54) is 13.2 Å². The molecule has 10 heteroatoms. The van der Waals surface area contributed by atoms with Gasteiger partial charge in [0.2, 0.25) is 16.8 Å². The Morgan fingerprint density at radius 3 is 2.55 bits per heavy atom. The van der Waals surface area contributed by atoms with Gasteiger partial charge in [0.25, 0.3) is 5.91 Å². The number of nitrogens with zero attached hydrogens (tertiary/aromatic N) is 2. The molecular weight excluding hydrogens is 446 g/mol. The SMILES string of the molecule is COc1ccc(C(=O)N2CCN(Cc3ccc4c(c3)OCO4)CC2)cc1S(=O)(=O)NC1CC1. The summed E-state index contributed by atoms with van der Waals surface area (Å²) in [6.45, 7) is 3.60. The van der Waals surface area contributed by atoms with Crippen LogP contribution in [0.2, 0.25) is 0 Å². The average Bonchev–Trinajstić information content (AvgIpc) is 3.50. The first-order valence-electron chi connectivity index (χ1n) is 11.0. The zero-order valence-corrected chi connectivity index (χ0v) is 19.3. The minimum atomic E-state index is -3.75. The number of amides is 1. The molecular formula is C23H27N3O6S. The molecule has 176 valence electrons. The van der Waals surface area contributed by atoms with Crippen molar-refractivity contribution in [3.63, 3.8) is 0 Å². The summed E-state index contributed by atoms with van der Waals surface area (Å²) in [5.41, 5.74) is 1.48. The molecule has 33 heavy (non-hydrogen) atoms. The fourth-order valence-corrected chi connectivity index (χ4v) is 5.59. The lowest BCUT2D eigenvalue weighted by Gasteiger charge is -2.35. The van der Waals surface area contributed by atoms with Gasteiger partial charge >= 0.3 is 0 Å². The summed E-state index contributed by atoms with van der Waals surface area (Å²) in [7, 11) is -2.32. The summed E-state index contributed by atoms with van der Waals surface area (Å²) in [5, 5.41) is 0. The summed E-state index contributed by atoms with van der Waals surface area (Å²) in [6, 6.07) is 10.5. The number of benzene rings is 2. The van der Waals surface area contributed by atoms with Crippen molar-refractivity contribution in [3.05, 3.63) is 47.5 Å². The number of hydrogen-bond acceptors (Lipinski definition) is 7. The van der Waals surface area contributed by atoms with Crippen molar-refractivity contribution in [2.24, 2.45) is 0 Å². The Labute approximate surface area is 193 Å². The molecule has 1 saturated carbocycles. The van der Waals surface area contributed by atoms with Gasteiger partial charge in [0.1, 0.15) is 10.6 Å². The van der Waals surface area contributed by atoms with E-state index in [9.17, 15) is 13.2 Å². The zero-order chi connectivity index (χ0) is 23.0. The van der Waals surface area contributed by atoms with Crippen LogP contribution in [0.15, 0.2) is 41.3 Å². The molecule has 0 spiro atoms. The molecule has 0 radical (unpaired) electrons. The van der Waals surface area contributed by atoms with Crippen LogP contribution in [0.4, 0.5) is 0 Å². The van der Waals surface area contributed by atoms with Crippen LogP contribution < -0.4 is 18.9 Å². The number of methoxy groups -OCH3 is 1. The van der Waals surface area contributed by atoms with Crippen molar-refractivity contribution in [2.75, 3.05) is 40.1 Å². The van der Waals surface area contributed by atoms with Gasteiger partial charge in [-0.15, -0.1) is 0 Å². The minimum Gasteiger partial charge on any atom is -0.495 e. The van der Waals surface area contributed by atoms with E-state index in [4.69, 9.17) is 14.2 Å². The third-order valence-corrected chi connectivity index (χ3v) is 7.64. The predicted molar refractivity (Wildman–Crippen MR) is 120 cm³/mol. The normalized spacial score (nSPS) is 18.4. The Hall–Kier alpha value is -2.82. The molecule has 2 aromatic rings. The van der Waals surface area contributed by atoms with Crippen LogP contribution in [0, 0.1) is 0 Å². The van der Waals surface area contributed by atoms with E-state index in [0.29, 0.717) is 18.7 Å². The van der Waals surface area contributed by atoms with Gasteiger partial charge in [-0.25, -0.2) is 13.1 Å². The maximum absolute atomic E-state index is 13.1. The highest BCUT2D eigenvalue weighted by atomic mass is 32.2. The smallest absolute Gasteiger partial charge is 0.253 e. The van der Waals surface area contributed by atoms with E-state index in [1.54, 1.807) is 17.0 Å². The summed E-state index contributed by atoms with van der Waals surface area (Å²) in [5.74, 6) is 1.58. The quantitative estimate of drug-likeness (QED) is 0.655. The molecule has 0 unspecified atom stereocenters. The Morgan fingerprint density at radius 1 is 1.06 bits per heavy atom. The summed E-state index contributed by atoms with van der Waals surface area (Å²) >= 11 is 0. The van der Waals surface area contributed by atoms with Crippen LogP contribution in [0.25, 0.3) is 0 Å². The number of carbonyl (C=O) groups excluding carboxylic acids is 1. The minimum absolute atomic E-state index is 0.00388. The van der Waals surface area contributed by atoms with Crippen LogP contribution in [0.5, 0.6) is 17.2 Å². The number of hydrogen-bond donors (Lipinski definition) is 1. The highest BCUT2D eigenvalue weighted by Crippen LogP contribution is 2.33. The lowest BCUT2D eigenvalue weighted by Crippen LogP contribution is -2.48.